The van der Waals surface area contributed by atoms with Crippen molar-refractivity contribution in [2.75, 3.05) is 19.7 Å². The lowest BCUT2D eigenvalue weighted by Crippen LogP contribution is -2.28. The summed E-state index contributed by atoms with van der Waals surface area (Å²) in [6, 6.07) is 6.22. The molecular formula is C15H17FN4O3. The van der Waals surface area contributed by atoms with E-state index in [4.69, 9.17) is 15.0 Å². The summed E-state index contributed by atoms with van der Waals surface area (Å²) in [6.45, 7) is 1.78. The molecule has 1 aliphatic heterocycles. The smallest absolute Gasteiger partial charge is 0.290 e. The van der Waals surface area contributed by atoms with Crippen molar-refractivity contribution in [3.05, 3.63) is 41.8 Å². The molecular weight excluding hydrogens is 303 g/mol. The Morgan fingerprint density at radius 3 is 3.04 bits per heavy atom. The second kappa shape index (κ2) is 6.74. The number of nitrogens with zero attached hydrogens (tertiary/aromatic N) is 3. The third kappa shape index (κ3) is 3.48. The van der Waals surface area contributed by atoms with Gasteiger partial charge in [0.15, 0.2) is 11.6 Å². The Kier molecular flexibility index (Phi) is 4.52. The number of likely N-dealkylation sites (tertiary alicyclic amines) is 1. The van der Waals surface area contributed by atoms with Crippen LogP contribution in [0.3, 0.4) is 0 Å². The Balaban J connectivity index is 1.58. The maximum Gasteiger partial charge on any atom is 0.290 e. The minimum absolute atomic E-state index is 0.0696. The van der Waals surface area contributed by atoms with Crippen LogP contribution in [0.1, 0.15) is 35.4 Å². The SMILES string of the molecule is NC(=O)c1noc([C@@H]2CCCN2CCOc2ccccc2F)n1. The van der Waals surface area contributed by atoms with Gasteiger partial charge in [0.25, 0.3) is 11.7 Å². The van der Waals surface area contributed by atoms with Crippen molar-refractivity contribution in [1.29, 1.82) is 0 Å². The molecule has 2 N–H and O–H groups in total. The molecule has 0 unspecified atom stereocenters. The molecule has 0 aliphatic carbocycles. The van der Waals surface area contributed by atoms with E-state index in [0.29, 0.717) is 19.0 Å². The van der Waals surface area contributed by atoms with Crippen molar-refractivity contribution in [3.8, 4) is 5.75 Å². The molecule has 1 amide bonds. The van der Waals surface area contributed by atoms with Crippen molar-refractivity contribution < 1.29 is 18.4 Å². The van der Waals surface area contributed by atoms with Crippen LogP contribution in [0.15, 0.2) is 28.8 Å². The summed E-state index contributed by atoms with van der Waals surface area (Å²) in [7, 11) is 0. The molecule has 7 nitrogen and oxygen atoms in total. The molecule has 3 rings (SSSR count). The maximum absolute atomic E-state index is 13.5. The molecule has 8 heteroatoms. The quantitative estimate of drug-likeness (QED) is 0.867. The summed E-state index contributed by atoms with van der Waals surface area (Å²) < 4.78 is 24.1. The molecule has 0 bridgehead atoms. The number of hydrogen-bond donors (Lipinski definition) is 1. The molecule has 23 heavy (non-hydrogen) atoms. The molecule has 1 aliphatic rings. The predicted octanol–water partition coefficient (Wildman–Crippen LogP) is 1.52. The normalized spacial score (nSPS) is 18.2. The summed E-state index contributed by atoms with van der Waals surface area (Å²) in [5, 5.41) is 3.57. The van der Waals surface area contributed by atoms with Crippen LogP contribution in [0.25, 0.3) is 0 Å². The van der Waals surface area contributed by atoms with Gasteiger partial charge in [-0.05, 0) is 31.5 Å². The lowest BCUT2D eigenvalue weighted by Gasteiger charge is -2.21. The van der Waals surface area contributed by atoms with Gasteiger partial charge < -0.3 is 15.0 Å². The van der Waals surface area contributed by atoms with E-state index in [2.05, 4.69) is 15.0 Å². The number of aromatic nitrogens is 2. The van der Waals surface area contributed by atoms with Crippen LogP contribution in [0.5, 0.6) is 5.75 Å². The lowest BCUT2D eigenvalue weighted by molar-refractivity contribution is 0.0987. The highest BCUT2D eigenvalue weighted by molar-refractivity contribution is 5.88. The van der Waals surface area contributed by atoms with Crippen molar-refractivity contribution in [3.63, 3.8) is 0 Å². The van der Waals surface area contributed by atoms with E-state index in [1.165, 1.54) is 6.07 Å². The Bertz CT molecular complexity index is 691. The third-order valence-corrected chi connectivity index (χ3v) is 3.78. The zero-order valence-corrected chi connectivity index (χ0v) is 12.4. The van der Waals surface area contributed by atoms with Gasteiger partial charge in [0.2, 0.25) is 5.89 Å². The average Bonchev–Trinajstić information content (AvgIpc) is 3.17. The molecule has 0 radical (unpaired) electrons. The molecule has 1 fully saturated rings. The Labute approximate surface area is 132 Å². The minimum Gasteiger partial charge on any atom is -0.489 e. The zero-order chi connectivity index (χ0) is 16.2. The average molecular weight is 320 g/mol. The van der Waals surface area contributed by atoms with Crippen molar-refractivity contribution in [2.45, 2.75) is 18.9 Å². The molecule has 0 saturated carbocycles. The van der Waals surface area contributed by atoms with Crippen molar-refractivity contribution >= 4 is 5.91 Å². The van der Waals surface area contributed by atoms with Crippen LogP contribution in [0.2, 0.25) is 0 Å². The van der Waals surface area contributed by atoms with Gasteiger partial charge >= 0.3 is 0 Å². The maximum atomic E-state index is 13.5. The third-order valence-electron chi connectivity index (χ3n) is 3.78. The number of benzene rings is 1. The number of hydrogen-bond acceptors (Lipinski definition) is 6. The van der Waals surface area contributed by atoms with Crippen LogP contribution < -0.4 is 10.5 Å². The lowest BCUT2D eigenvalue weighted by atomic mass is 10.2. The van der Waals surface area contributed by atoms with E-state index in [1.807, 2.05) is 0 Å². The van der Waals surface area contributed by atoms with Gasteiger partial charge in [0.1, 0.15) is 6.61 Å². The topological polar surface area (TPSA) is 94.5 Å². The summed E-state index contributed by atoms with van der Waals surface area (Å²) in [5.41, 5.74) is 5.13. The fraction of sp³-hybridized carbons (Fsp3) is 0.400. The standard InChI is InChI=1S/C15H17FN4O3/c16-10-4-1-2-6-12(10)22-9-8-20-7-3-5-11(20)15-18-14(13(17)21)19-23-15/h1-2,4,6,11H,3,5,7-9H2,(H2,17,21)/t11-/m0/s1. The number of carbonyl (C=O) groups excluding carboxylic acids is 1. The first kappa shape index (κ1) is 15.4. The number of halogens is 1. The van der Waals surface area contributed by atoms with Crippen molar-refractivity contribution in [1.82, 2.24) is 15.0 Å². The van der Waals surface area contributed by atoms with Gasteiger partial charge in [-0.2, -0.15) is 4.98 Å². The van der Waals surface area contributed by atoms with Gasteiger partial charge in [-0.3, -0.25) is 9.69 Å². The number of primary amides is 1. The van der Waals surface area contributed by atoms with Gasteiger partial charge in [0, 0.05) is 6.54 Å². The summed E-state index contributed by atoms with van der Waals surface area (Å²) in [6.07, 6.45) is 1.82. The van der Waals surface area contributed by atoms with Crippen LogP contribution in [-0.4, -0.2) is 40.6 Å². The highest BCUT2D eigenvalue weighted by Gasteiger charge is 2.31. The number of para-hydroxylation sites is 1. The molecule has 1 aromatic carbocycles. The molecule has 1 atom stereocenters. The summed E-state index contributed by atoms with van der Waals surface area (Å²) in [5.74, 6) is -0.602. The number of ether oxygens (including phenoxy) is 1. The van der Waals surface area contributed by atoms with Crippen LogP contribution in [0, 0.1) is 5.82 Å². The highest BCUT2D eigenvalue weighted by Crippen LogP contribution is 2.30. The van der Waals surface area contributed by atoms with E-state index in [0.717, 1.165) is 19.4 Å². The monoisotopic (exact) mass is 320 g/mol. The summed E-state index contributed by atoms with van der Waals surface area (Å²) >= 11 is 0. The van der Waals surface area contributed by atoms with Gasteiger partial charge in [-0.25, -0.2) is 4.39 Å². The van der Waals surface area contributed by atoms with Crippen LogP contribution in [-0.2, 0) is 0 Å². The molecule has 2 heterocycles. The number of carbonyl (C=O) groups is 1. The zero-order valence-electron chi connectivity index (χ0n) is 12.4. The van der Waals surface area contributed by atoms with E-state index in [9.17, 15) is 9.18 Å². The first-order valence-electron chi connectivity index (χ1n) is 7.40. The first-order chi connectivity index (χ1) is 11.1. The molecule has 0 spiro atoms. The van der Waals surface area contributed by atoms with Crippen LogP contribution >= 0.6 is 0 Å². The number of nitrogens with two attached hydrogens (primary N) is 1. The summed E-state index contributed by atoms with van der Waals surface area (Å²) in [4.78, 5) is 17.2. The van der Waals surface area contributed by atoms with Gasteiger partial charge in [-0.15, -0.1) is 0 Å². The highest BCUT2D eigenvalue weighted by atomic mass is 19.1. The Hall–Kier alpha value is -2.48. The first-order valence-corrected chi connectivity index (χ1v) is 7.40. The van der Waals surface area contributed by atoms with E-state index in [1.54, 1.807) is 18.2 Å². The van der Waals surface area contributed by atoms with Crippen molar-refractivity contribution in [2.24, 2.45) is 5.73 Å². The number of amides is 1. The fourth-order valence-corrected chi connectivity index (χ4v) is 2.68. The Morgan fingerprint density at radius 2 is 2.30 bits per heavy atom. The molecule has 2 aromatic rings. The van der Waals surface area contributed by atoms with Gasteiger partial charge in [-0.1, -0.05) is 17.3 Å². The van der Waals surface area contributed by atoms with Crippen LogP contribution in [0.4, 0.5) is 4.39 Å². The Morgan fingerprint density at radius 1 is 1.48 bits per heavy atom. The second-order valence-electron chi connectivity index (χ2n) is 5.29. The largest absolute Gasteiger partial charge is 0.489 e. The molecule has 1 saturated heterocycles. The number of rotatable bonds is 6. The predicted molar refractivity (Wildman–Crippen MR) is 78.3 cm³/mol. The minimum atomic E-state index is -0.715. The van der Waals surface area contributed by atoms with Gasteiger partial charge in [0.05, 0.1) is 6.04 Å². The second-order valence-corrected chi connectivity index (χ2v) is 5.29. The molecule has 122 valence electrons. The van der Waals surface area contributed by atoms with E-state index >= 15 is 0 Å². The van der Waals surface area contributed by atoms with E-state index < -0.39 is 5.91 Å². The fourth-order valence-electron chi connectivity index (χ4n) is 2.68. The molecule has 1 aromatic heterocycles. The van der Waals surface area contributed by atoms with E-state index in [-0.39, 0.29) is 23.4 Å².